The Balaban J connectivity index is 2.14. The molecule has 1 heterocycles. The quantitative estimate of drug-likeness (QED) is 0.837. The molecule has 1 N–H and O–H groups in total. The zero-order valence-electron chi connectivity index (χ0n) is 13.0. The van der Waals surface area contributed by atoms with Crippen LogP contribution >= 0.6 is 22.9 Å². The highest BCUT2D eigenvalue weighted by Crippen LogP contribution is 2.25. The maximum Gasteiger partial charge on any atom is 0.328 e. The van der Waals surface area contributed by atoms with Gasteiger partial charge in [0.25, 0.3) is 5.91 Å². The minimum atomic E-state index is -0.701. The third kappa shape index (κ3) is 4.30. The van der Waals surface area contributed by atoms with Crippen molar-refractivity contribution in [1.29, 1.82) is 0 Å². The molecule has 1 atom stereocenters. The molecule has 0 aliphatic carbocycles. The first-order valence-corrected chi connectivity index (χ1v) is 8.28. The molecule has 1 amide bonds. The second-order valence-electron chi connectivity index (χ2n) is 5.26. The van der Waals surface area contributed by atoms with E-state index in [9.17, 15) is 9.59 Å². The normalized spacial score (nSPS) is 12.0. The minimum absolute atomic E-state index is 0.0826. The van der Waals surface area contributed by atoms with Crippen LogP contribution in [-0.2, 0) is 9.53 Å². The number of hydrogen-bond acceptors (Lipinski definition) is 5. The number of aromatic nitrogens is 1. The van der Waals surface area contributed by atoms with Gasteiger partial charge in [0, 0.05) is 16.0 Å². The van der Waals surface area contributed by atoms with Gasteiger partial charge in [-0.15, -0.1) is 11.3 Å². The summed E-state index contributed by atoms with van der Waals surface area (Å²) in [6.45, 7) is 3.67. The van der Waals surface area contributed by atoms with Crippen molar-refractivity contribution in [2.45, 2.75) is 19.9 Å². The standard InChI is InChI=1S/C16H17ClN2O3S/c1-9(2)13(16(21)22-3)19-14(20)12-8-23-15(18-12)10-4-6-11(17)7-5-10/h4-9,13H,1-3H3,(H,19,20)/t13-/m0/s1. The van der Waals surface area contributed by atoms with Crippen LogP contribution in [0.2, 0.25) is 5.02 Å². The number of ether oxygens (including phenoxy) is 1. The number of benzene rings is 1. The average Bonchev–Trinajstić information content (AvgIpc) is 3.02. The predicted octanol–water partition coefficient (Wildman–Crippen LogP) is 3.39. The van der Waals surface area contributed by atoms with Crippen molar-refractivity contribution in [3.8, 4) is 10.6 Å². The Hall–Kier alpha value is -1.92. The topological polar surface area (TPSA) is 68.3 Å². The molecule has 0 radical (unpaired) electrons. The minimum Gasteiger partial charge on any atom is -0.467 e. The largest absolute Gasteiger partial charge is 0.467 e. The van der Waals surface area contributed by atoms with E-state index in [1.807, 2.05) is 26.0 Å². The molecule has 0 saturated heterocycles. The van der Waals surface area contributed by atoms with Crippen molar-refractivity contribution in [3.63, 3.8) is 0 Å². The number of rotatable bonds is 5. The van der Waals surface area contributed by atoms with E-state index in [4.69, 9.17) is 16.3 Å². The predicted molar refractivity (Wildman–Crippen MR) is 90.7 cm³/mol. The number of esters is 1. The highest BCUT2D eigenvalue weighted by atomic mass is 35.5. The molecule has 0 aliphatic heterocycles. The fourth-order valence-corrected chi connectivity index (χ4v) is 2.88. The number of nitrogens with one attached hydrogen (secondary N) is 1. The van der Waals surface area contributed by atoms with E-state index in [1.165, 1.54) is 18.4 Å². The van der Waals surface area contributed by atoms with Crippen LogP contribution in [0.1, 0.15) is 24.3 Å². The van der Waals surface area contributed by atoms with Crippen LogP contribution in [0.25, 0.3) is 10.6 Å². The monoisotopic (exact) mass is 352 g/mol. The third-order valence-corrected chi connectivity index (χ3v) is 4.38. The fourth-order valence-electron chi connectivity index (χ4n) is 1.94. The lowest BCUT2D eigenvalue weighted by atomic mass is 10.0. The maximum atomic E-state index is 12.3. The van der Waals surface area contributed by atoms with Crippen LogP contribution in [0.4, 0.5) is 0 Å². The molecule has 2 aromatic rings. The summed E-state index contributed by atoms with van der Waals surface area (Å²) in [4.78, 5) is 28.3. The summed E-state index contributed by atoms with van der Waals surface area (Å²) >= 11 is 7.22. The second-order valence-corrected chi connectivity index (χ2v) is 6.56. The number of methoxy groups -OCH3 is 1. The van der Waals surface area contributed by atoms with Gasteiger partial charge in [0.15, 0.2) is 0 Å². The summed E-state index contributed by atoms with van der Waals surface area (Å²) in [6.07, 6.45) is 0. The number of thiazole rings is 1. The first kappa shape index (κ1) is 17.4. The smallest absolute Gasteiger partial charge is 0.328 e. The van der Waals surface area contributed by atoms with E-state index >= 15 is 0 Å². The molecule has 7 heteroatoms. The van der Waals surface area contributed by atoms with Gasteiger partial charge in [0.05, 0.1) is 7.11 Å². The Labute approximate surface area is 143 Å². The van der Waals surface area contributed by atoms with Gasteiger partial charge in [0.2, 0.25) is 0 Å². The van der Waals surface area contributed by atoms with Crippen molar-refractivity contribution in [1.82, 2.24) is 10.3 Å². The molecule has 1 aromatic heterocycles. The molecule has 0 saturated carbocycles. The zero-order chi connectivity index (χ0) is 17.0. The number of amides is 1. The maximum absolute atomic E-state index is 12.3. The van der Waals surface area contributed by atoms with E-state index in [1.54, 1.807) is 17.5 Å². The Bertz CT molecular complexity index is 698. The van der Waals surface area contributed by atoms with E-state index in [2.05, 4.69) is 10.3 Å². The summed E-state index contributed by atoms with van der Waals surface area (Å²) in [5.41, 5.74) is 1.15. The van der Waals surface area contributed by atoms with Crippen LogP contribution in [0.15, 0.2) is 29.6 Å². The van der Waals surface area contributed by atoms with Gasteiger partial charge >= 0.3 is 5.97 Å². The van der Waals surface area contributed by atoms with Gasteiger partial charge < -0.3 is 10.1 Å². The van der Waals surface area contributed by atoms with Crippen LogP contribution in [-0.4, -0.2) is 30.0 Å². The van der Waals surface area contributed by atoms with Gasteiger partial charge in [0.1, 0.15) is 16.7 Å². The summed E-state index contributed by atoms with van der Waals surface area (Å²) in [5.74, 6) is -0.951. The Kier molecular flexibility index (Phi) is 5.74. The summed E-state index contributed by atoms with van der Waals surface area (Å²) in [7, 11) is 1.30. The Morgan fingerprint density at radius 2 is 1.91 bits per heavy atom. The van der Waals surface area contributed by atoms with Crippen molar-refractivity contribution >= 4 is 34.8 Å². The number of carbonyl (C=O) groups is 2. The van der Waals surface area contributed by atoms with E-state index in [0.717, 1.165) is 5.56 Å². The first-order valence-electron chi connectivity index (χ1n) is 7.02. The number of hydrogen-bond donors (Lipinski definition) is 1. The molecule has 5 nitrogen and oxygen atoms in total. The number of halogens is 1. The summed E-state index contributed by atoms with van der Waals surface area (Å²) in [6, 6.07) is 6.52. The van der Waals surface area contributed by atoms with Gasteiger partial charge in [-0.2, -0.15) is 0 Å². The van der Waals surface area contributed by atoms with Crippen LogP contribution in [0.3, 0.4) is 0 Å². The summed E-state index contributed by atoms with van der Waals surface area (Å²) < 4.78 is 4.71. The first-order chi connectivity index (χ1) is 10.9. The Morgan fingerprint density at radius 3 is 2.48 bits per heavy atom. The van der Waals surface area contributed by atoms with Gasteiger partial charge in [-0.25, -0.2) is 9.78 Å². The lowest BCUT2D eigenvalue weighted by Crippen LogP contribution is -2.45. The molecule has 0 fully saturated rings. The molecule has 122 valence electrons. The van der Waals surface area contributed by atoms with Crippen molar-refractivity contribution in [2.24, 2.45) is 5.92 Å². The molecule has 23 heavy (non-hydrogen) atoms. The van der Waals surface area contributed by atoms with Gasteiger partial charge in [-0.3, -0.25) is 4.79 Å². The summed E-state index contributed by atoms with van der Waals surface area (Å²) in [5, 5.41) is 5.68. The number of carbonyl (C=O) groups excluding carboxylic acids is 2. The zero-order valence-corrected chi connectivity index (χ0v) is 14.6. The van der Waals surface area contributed by atoms with Crippen LogP contribution in [0, 0.1) is 5.92 Å². The van der Waals surface area contributed by atoms with Gasteiger partial charge in [-0.05, 0) is 18.1 Å². The van der Waals surface area contributed by atoms with E-state index < -0.39 is 17.9 Å². The van der Waals surface area contributed by atoms with Crippen LogP contribution in [0.5, 0.6) is 0 Å². The average molecular weight is 353 g/mol. The molecule has 0 spiro atoms. The molecule has 1 aromatic carbocycles. The molecular formula is C16H17ClN2O3S. The SMILES string of the molecule is COC(=O)[C@@H](NC(=O)c1csc(-c2ccc(Cl)cc2)n1)C(C)C. The second kappa shape index (κ2) is 7.57. The molecule has 2 rings (SSSR count). The Morgan fingerprint density at radius 1 is 1.26 bits per heavy atom. The lowest BCUT2D eigenvalue weighted by Gasteiger charge is -2.19. The van der Waals surface area contributed by atoms with Crippen molar-refractivity contribution in [3.05, 3.63) is 40.4 Å². The molecule has 0 bridgehead atoms. The van der Waals surface area contributed by atoms with E-state index in [0.29, 0.717) is 10.0 Å². The van der Waals surface area contributed by atoms with E-state index in [-0.39, 0.29) is 11.6 Å². The number of nitrogens with zero attached hydrogens (tertiary/aromatic N) is 1. The molecule has 0 unspecified atom stereocenters. The third-order valence-electron chi connectivity index (χ3n) is 3.24. The molecular weight excluding hydrogens is 336 g/mol. The highest BCUT2D eigenvalue weighted by Gasteiger charge is 2.26. The van der Waals surface area contributed by atoms with Gasteiger partial charge in [-0.1, -0.05) is 37.6 Å². The van der Waals surface area contributed by atoms with Crippen LogP contribution < -0.4 is 5.32 Å². The molecule has 0 aliphatic rings. The highest BCUT2D eigenvalue weighted by molar-refractivity contribution is 7.13. The lowest BCUT2D eigenvalue weighted by molar-refractivity contribution is -0.144. The van der Waals surface area contributed by atoms with Crippen molar-refractivity contribution < 1.29 is 14.3 Å². The van der Waals surface area contributed by atoms with Crippen molar-refractivity contribution in [2.75, 3.05) is 7.11 Å². The fraction of sp³-hybridized carbons (Fsp3) is 0.312.